The van der Waals surface area contributed by atoms with E-state index in [0.29, 0.717) is 12.3 Å². The number of hydrogen-bond acceptors (Lipinski definition) is 1. The maximum atomic E-state index is 11.9. The molecule has 0 spiro atoms. The van der Waals surface area contributed by atoms with Crippen LogP contribution in [0.1, 0.15) is 45.6 Å². The van der Waals surface area contributed by atoms with Crippen LogP contribution in [-0.4, -0.2) is 16.9 Å². The van der Waals surface area contributed by atoms with Gasteiger partial charge in [-0.3, -0.25) is 4.79 Å². The van der Waals surface area contributed by atoms with Gasteiger partial charge in [0.15, 0.2) is 0 Å². The standard InChI is InChI=1S/C18H26N2O/c1-13(2)11-14(3)20-18(21)10-6-7-15-12-19-17-9-5-4-8-16(15)17/h4-5,8-9,12-14,19H,6-7,10-11H2,1-3H3,(H,20,21). The van der Waals surface area contributed by atoms with Crippen molar-refractivity contribution in [3.05, 3.63) is 36.0 Å². The predicted molar refractivity (Wildman–Crippen MR) is 88.3 cm³/mol. The van der Waals surface area contributed by atoms with Crippen molar-refractivity contribution in [3.63, 3.8) is 0 Å². The van der Waals surface area contributed by atoms with E-state index in [9.17, 15) is 4.79 Å². The van der Waals surface area contributed by atoms with Crippen LogP contribution < -0.4 is 5.32 Å². The Bertz CT molecular complexity index is 586. The van der Waals surface area contributed by atoms with Crippen LogP contribution in [0.5, 0.6) is 0 Å². The second-order valence-corrected chi connectivity index (χ2v) is 6.31. The minimum Gasteiger partial charge on any atom is -0.361 e. The molecule has 21 heavy (non-hydrogen) atoms. The zero-order valence-electron chi connectivity index (χ0n) is 13.3. The smallest absolute Gasteiger partial charge is 0.220 e. The van der Waals surface area contributed by atoms with Gasteiger partial charge >= 0.3 is 0 Å². The van der Waals surface area contributed by atoms with Crippen molar-refractivity contribution in [1.82, 2.24) is 10.3 Å². The molecule has 0 bridgehead atoms. The third kappa shape index (κ3) is 4.62. The molecule has 0 aliphatic carbocycles. The summed E-state index contributed by atoms with van der Waals surface area (Å²) in [4.78, 5) is 15.2. The third-order valence-corrected chi connectivity index (χ3v) is 3.76. The fourth-order valence-corrected chi connectivity index (χ4v) is 2.89. The lowest BCUT2D eigenvalue weighted by Gasteiger charge is -2.15. The first kappa shape index (κ1) is 15.6. The van der Waals surface area contributed by atoms with Crippen LogP contribution in [0.3, 0.4) is 0 Å². The van der Waals surface area contributed by atoms with E-state index in [0.717, 1.165) is 19.3 Å². The first-order valence-electron chi connectivity index (χ1n) is 7.90. The molecule has 2 rings (SSSR count). The fourth-order valence-electron chi connectivity index (χ4n) is 2.89. The topological polar surface area (TPSA) is 44.9 Å². The van der Waals surface area contributed by atoms with Gasteiger partial charge in [-0.2, -0.15) is 0 Å². The third-order valence-electron chi connectivity index (χ3n) is 3.76. The van der Waals surface area contributed by atoms with Gasteiger partial charge in [0.25, 0.3) is 0 Å². The van der Waals surface area contributed by atoms with Crippen LogP contribution in [0.4, 0.5) is 0 Å². The lowest BCUT2D eigenvalue weighted by molar-refractivity contribution is -0.121. The van der Waals surface area contributed by atoms with E-state index >= 15 is 0 Å². The minimum absolute atomic E-state index is 0.169. The van der Waals surface area contributed by atoms with Crippen LogP contribution in [0.25, 0.3) is 10.9 Å². The Labute approximate surface area is 127 Å². The van der Waals surface area contributed by atoms with Gasteiger partial charge in [0.05, 0.1) is 0 Å². The van der Waals surface area contributed by atoms with Crippen molar-refractivity contribution < 1.29 is 4.79 Å². The van der Waals surface area contributed by atoms with Gasteiger partial charge in [-0.05, 0) is 43.7 Å². The quantitative estimate of drug-likeness (QED) is 0.792. The normalized spacial score (nSPS) is 12.8. The second kappa shape index (κ2) is 7.30. The summed E-state index contributed by atoms with van der Waals surface area (Å²) in [5, 5.41) is 4.35. The summed E-state index contributed by atoms with van der Waals surface area (Å²) in [5.74, 6) is 0.787. The van der Waals surface area contributed by atoms with E-state index in [1.54, 1.807) is 0 Å². The van der Waals surface area contributed by atoms with Gasteiger partial charge in [0.1, 0.15) is 0 Å². The molecule has 0 saturated carbocycles. The zero-order valence-corrected chi connectivity index (χ0v) is 13.3. The highest BCUT2D eigenvalue weighted by Gasteiger charge is 2.09. The molecule has 0 radical (unpaired) electrons. The zero-order chi connectivity index (χ0) is 15.2. The van der Waals surface area contributed by atoms with Crippen LogP contribution in [-0.2, 0) is 11.2 Å². The van der Waals surface area contributed by atoms with Gasteiger partial charge in [0, 0.05) is 29.6 Å². The molecule has 1 heterocycles. The number of carbonyl (C=O) groups excluding carboxylic acids is 1. The van der Waals surface area contributed by atoms with Gasteiger partial charge in [0.2, 0.25) is 5.91 Å². The highest BCUT2D eigenvalue weighted by atomic mass is 16.1. The van der Waals surface area contributed by atoms with Gasteiger partial charge in [-0.1, -0.05) is 32.0 Å². The summed E-state index contributed by atoms with van der Waals surface area (Å²) < 4.78 is 0. The maximum Gasteiger partial charge on any atom is 0.220 e. The molecule has 1 amide bonds. The number of rotatable bonds is 7. The lowest BCUT2D eigenvalue weighted by Crippen LogP contribution is -2.33. The van der Waals surface area contributed by atoms with Crippen molar-refractivity contribution in [3.8, 4) is 0 Å². The lowest BCUT2D eigenvalue weighted by atomic mass is 10.0. The van der Waals surface area contributed by atoms with Gasteiger partial charge in [-0.15, -0.1) is 0 Å². The van der Waals surface area contributed by atoms with E-state index in [-0.39, 0.29) is 11.9 Å². The fraction of sp³-hybridized carbons (Fsp3) is 0.500. The number of hydrogen-bond donors (Lipinski definition) is 2. The van der Waals surface area contributed by atoms with Crippen LogP contribution in [0.2, 0.25) is 0 Å². The predicted octanol–water partition coefficient (Wildman–Crippen LogP) is 4.04. The number of nitrogens with one attached hydrogen (secondary N) is 2. The highest BCUT2D eigenvalue weighted by molar-refractivity contribution is 5.83. The van der Waals surface area contributed by atoms with Gasteiger partial charge < -0.3 is 10.3 Å². The van der Waals surface area contributed by atoms with Crippen molar-refractivity contribution in [2.75, 3.05) is 0 Å². The molecule has 0 aliphatic heterocycles. The van der Waals surface area contributed by atoms with E-state index in [4.69, 9.17) is 0 Å². The Kier molecular flexibility index (Phi) is 5.43. The van der Waals surface area contributed by atoms with Crippen molar-refractivity contribution in [2.45, 2.75) is 52.5 Å². The van der Waals surface area contributed by atoms with E-state index < -0.39 is 0 Å². The first-order valence-corrected chi connectivity index (χ1v) is 7.90. The van der Waals surface area contributed by atoms with E-state index in [1.807, 2.05) is 6.07 Å². The molecular formula is C18H26N2O. The molecule has 1 aromatic heterocycles. The maximum absolute atomic E-state index is 11.9. The van der Waals surface area contributed by atoms with Crippen LogP contribution in [0.15, 0.2) is 30.5 Å². The Hall–Kier alpha value is -1.77. The summed E-state index contributed by atoms with van der Waals surface area (Å²) in [6.07, 6.45) is 5.53. The summed E-state index contributed by atoms with van der Waals surface area (Å²) in [6, 6.07) is 8.57. The average molecular weight is 286 g/mol. The molecule has 3 heteroatoms. The number of aryl methyl sites for hydroxylation is 1. The largest absolute Gasteiger partial charge is 0.361 e. The Morgan fingerprint density at radius 1 is 1.24 bits per heavy atom. The molecule has 1 atom stereocenters. The summed E-state index contributed by atoms with van der Waals surface area (Å²) in [6.45, 7) is 6.44. The first-order chi connectivity index (χ1) is 10.1. The molecule has 3 nitrogen and oxygen atoms in total. The molecular weight excluding hydrogens is 260 g/mol. The molecule has 1 unspecified atom stereocenters. The van der Waals surface area contributed by atoms with Crippen molar-refractivity contribution in [2.24, 2.45) is 5.92 Å². The number of aromatic amines is 1. The monoisotopic (exact) mass is 286 g/mol. The minimum atomic E-state index is 0.169. The number of amides is 1. The molecule has 2 aromatic rings. The highest BCUT2D eigenvalue weighted by Crippen LogP contribution is 2.19. The molecule has 1 aromatic carbocycles. The molecule has 0 fully saturated rings. The molecule has 114 valence electrons. The Balaban J connectivity index is 1.78. The number of benzene rings is 1. The molecule has 2 N–H and O–H groups in total. The molecule has 0 saturated heterocycles. The molecule has 0 aliphatic rings. The van der Waals surface area contributed by atoms with E-state index in [2.05, 4.69) is 55.5 Å². The van der Waals surface area contributed by atoms with Gasteiger partial charge in [-0.25, -0.2) is 0 Å². The van der Waals surface area contributed by atoms with Crippen molar-refractivity contribution in [1.29, 1.82) is 0 Å². The number of carbonyl (C=O) groups is 1. The summed E-state index contributed by atoms with van der Waals surface area (Å²) in [5.41, 5.74) is 2.47. The Morgan fingerprint density at radius 2 is 2.00 bits per heavy atom. The van der Waals surface area contributed by atoms with Crippen LogP contribution >= 0.6 is 0 Å². The average Bonchev–Trinajstić information content (AvgIpc) is 2.81. The Morgan fingerprint density at radius 3 is 2.76 bits per heavy atom. The van der Waals surface area contributed by atoms with E-state index in [1.165, 1.54) is 16.5 Å². The van der Waals surface area contributed by atoms with Crippen LogP contribution in [0, 0.1) is 5.92 Å². The number of para-hydroxylation sites is 1. The number of fused-ring (bicyclic) bond motifs is 1. The summed E-state index contributed by atoms with van der Waals surface area (Å²) >= 11 is 0. The second-order valence-electron chi connectivity index (χ2n) is 6.31. The number of H-pyrrole nitrogens is 1. The van der Waals surface area contributed by atoms with Crippen molar-refractivity contribution >= 4 is 16.8 Å². The summed E-state index contributed by atoms with van der Waals surface area (Å²) in [7, 11) is 0. The SMILES string of the molecule is CC(C)CC(C)NC(=O)CCCc1c[nH]c2ccccc12. The number of aromatic nitrogens is 1.